The van der Waals surface area contributed by atoms with Crippen LogP contribution in [0.3, 0.4) is 0 Å². The smallest absolute Gasteiger partial charge is 0.257 e. The molecule has 1 fully saturated rings. The van der Waals surface area contributed by atoms with E-state index in [9.17, 15) is 15.0 Å². The monoisotopic (exact) mass is 263 g/mol. The van der Waals surface area contributed by atoms with Crippen molar-refractivity contribution in [3.63, 3.8) is 0 Å². The summed E-state index contributed by atoms with van der Waals surface area (Å²) in [5, 5.41) is 19.0. The molecule has 0 heterocycles. The van der Waals surface area contributed by atoms with Gasteiger partial charge in [0.15, 0.2) is 0 Å². The van der Waals surface area contributed by atoms with Crippen molar-refractivity contribution in [2.45, 2.75) is 38.1 Å². The normalized spacial score (nSPS) is 16.3. The molecule has 1 saturated carbocycles. The van der Waals surface area contributed by atoms with Gasteiger partial charge in [-0.25, -0.2) is 0 Å². The number of rotatable bonds is 4. The van der Waals surface area contributed by atoms with Gasteiger partial charge < -0.3 is 15.1 Å². The Hall–Kier alpha value is -1.55. The molecule has 19 heavy (non-hydrogen) atoms. The molecular weight excluding hydrogens is 242 g/mol. The van der Waals surface area contributed by atoms with E-state index in [2.05, 4.69) is 0 Å². The minimum absolute atomic E-state index is 0.00579. The number of carbonyl (C=O) groups excluding carboxylic acids is 1. The third kappa shape index (κ3) is 3.26. The van der Waals surface area contributed by atoms with Crippen molar-refractivity contribution in [1.82, 2.24) is 4.90 Å². The second kappa shape index (κ2) is 6.57. The van der Waals surface area contributed by atoms with Gasteiger partial charge in [-0.15, -0.1) is 0 Å². The van der Waals surface area contributed by atoms with Crippen molar-refractivity contribution < 1.29 is 15.0 Å². The van der Waals surface area contributed by atoms with Crippen LogP contribution in [-0.4, -0.2) is 40.2 Å². The van der Waals surface area contributed by atoms with Crippen molar-refractivity contribution in [3.05, 3.63) is 29.8 Å². The van der Waals surface area contributed by atoms with E-state index in [4.69, 9.17) is 0 Å². The molecule has 0 bridgehead atoms. The molecule has 0 saturated heterocycles. The zero-order valence-electron chi connectivity index (χ0n) is 11.1. The highest BCUT2D eigenvalue weighted by molar-refractivity contribution is 5.97. The van der Waals surface area contributed by atoms with Gasteiger partial charge in [-0.05, 0) is 25.0 Å². The van der Waals surface area contributed by atoms with E-state index >= 15 is 0 Å². The number of phenolic OH excluding ortho intramolecular Hbond substituents is 1. The molecule has 104 valence electrons. The molecule has 0 aliphatic heterocycles. The largest absolute Gasteiger partial charge is 0.507 e. The number of aliphatic hydroxyl groups is 1. The van der Waals surface area contributed by atoms with Crippen LogP contribution in [0.5, 0.6) is 5.75 Å². The fourth-order valence-corrected chi connectivity index (χ4v) is 2.76. The summed E-state index contributed by atoms with van der Waals surface area (Å²) in [6.45, 7) is 0.285. The predicted molar refractivity (Wildman–Crippen MR) is 73.1 cm³/mol. The highest BCUT2D eigenvalue weighted by atomic mass is 16.3. The predicted octanol–water partition coefficient (Wildman–Crippen LogP) is 2.16. The van der Waals surface area contributed by atoms with Crippen molar-refractivity contribution in [2.24, 2.45) is 0 Å². The van der Waals surface area contributed by atoms with E-state index in [0.717, 1.165) is 25.7 Å². The van der Waals surface area contributed by atoms with Gasteiger partial charge in [0.1, 0.15) is 5.75 Å². The SMILES string of the molecule is O=C(c1ccccc1O)N(CCO)C1CCCCC1. The second-order valence-electron chi connectivity index (χ2n) is 5.03. The van der Waals surface area contributed by atoms with Crippen LogP contribution in [0.25, 0.3) is 0 Å². The number of hydrogen-bond acceptors (Lipinski definition) is 3. The van der Waals surface area contributed by atoms with Gasteiger partial charge in [0.25, 0.3) is 5.91 Å². The van der Waals surface area contributed by atoms with E-state index in [1.165, 1.54) is 12.5 Å². The van der Waals surface area contributed by atoms with Gasteiger partial charge in [-0.3, -0.25) is 4.79 Å². The first-order chi connectivity index (χ1) is 9.24. The molecule has 0 aromatic heterocycles. The lowest BCUT2D eigenvalue weighted by molar-refractivity contribution is 0.0582. The number of para-hydroxylation sites is 1. The highest BCUT2D eigenvalue weighted by Gasteiger charge is 2.26. The van der Waals surface area contributed by atoms with Crippen LogP contribution in [-0.2, 0) is 0 Å². The van der Waals surface area contributed by atoms with Gasteiger partial charge in [-0.1, -0.05) is 31.4 Å². The van der Waals surface area contributed by atoms with Crippen LogP contribution in [0.2, 0.25) is 0 Å². The van der Waals surface area contributed by atoms with Crippen LogP contribution < -0.4 is 0 Å². The molecule has 1 aromatic rings. The quantitative estimate of drug-likeness (QED) is 0.875. The molecule has 4 nitrogen and oxygen atoms in total. The van der Waals surface area contributed by atoms with Crippen molar-refractivity contribution >= 4 is 5.91 Å². The lowest BCUT2D eigenvalue weighted by Gasteiger charge is -2.34. The van der Waals surface area contributed by atoms with Crippen LogP contribution >= 0.6 is 0 Å². The number of aliphatic hydroxyl groups excluding tert-OH is 1. The molecule has 1 aliphatic carbocycles. The Balaban J connectivity index is 2.18. The molecule has 0 unspecified atom stereocenters. The lowest BCUT2D eigenvalue weighted by atomic mass is 9.93. The molecule has 1 amide bonds. The fourth-order valence-electron chi connectivity index (χ4n) is 2.76. The van der Waals surface area contributed by atoms with Crippen molar-refractivity contribution in [2.75, 3.05) is 13.2 Å². The summed E-state index contributed by atoms with van der Waals surface area (Å²) in [6.07, 6.45) is 5.44. The number of nitrogens with zero attached hydrogens (tertiary/aromatic N) is 1. The first-order valence-corrected chi connectivity index (χ1v) is 6.94. The third-order valence-corrected chi connectivity index (χ3v) is 3.75. The highest BCUT2D eigenvalue weighted by Crippen LogP contribution is 2.26. The Morgan fingerprint density at radius 1 is 1.21 bits per heavy atom. The molecule has 1 aromatic carbocycles. The minimum atomic E-state index is -0.181. The number of hydrogen-bond donors (Lipinski definition) is 2. The summed E-state index contributed by atoms with van der Waals surface area (Å²) in [5.74, 6) is -0.176. The maximum Gasteiger partial charge on any atom is 0.257 e. The zero-order chi connectivity index (χ0) is 13.7. The Kier molecular flexibility index (Phi) is 4.80. The number of benzene rings is 1. The fraction of sp³-hybridized carbons (Fsp3) is 0.533. The Bertz CT molecular complexity index is 427. The summed E-state index contributed by atoms with van der Waals surface area (Å²) in [6, 6.07) is 6.78. The zero-order valence-corrected chi connectivity index (χ0v) is 11.1. The molecule has 0 spiro atoms. The summed E-state index contributed by atoms with van der Waals surface area (Å²) in [7, 11) is 0. The summed E-state index contributed by atoms with van der Waals surface area (Å²) in [4.78, 5) is 14.2. The van der Waals surface area contributed by atoms with Crippen molar-refractivity contribution in [1.29, 1.82) is 0 Å². The molecule has 0 radical (unpaired) electrons. The van der Waals surface area contributed by atoms with E-state index in [1.807, 2.05) is 0 Å². The van der Waals surface area contributed by atoms with Gasteiger partial charge in [0.2, 0.25) is 0 Å². The third-order valence-electron chi connectivity index (χ3n) is 3.75. The topological polar surface area (TPSA) is 60.8 Å². The molecule has 0 atom stereocenters. The van der Waals surface area contributed by atoms with Gasteiger partial charge in [0.05, 0.1) is 12.2 Å². The summed E-state index contributed by atoms with van der Waals surface area (Å²) >= 11 is 0. The maximum atomic E-state index is 12.5. The number of carbonyl (C=O) groups is 1. The molecule has 1 aliphatic rings. The van der Waals surface area contributed by atoms with E-state index < -0.39 is 0 Å². The van der Waals surface area contributed by atoms with E-state index in [0.29, 0.717) is 12.1 Å². The summed E-state index contributed by atoms with van der Waals surface area (Å²) < 4.78 is 0. The lowest BCUT2D eigenvalue weighted by Crippen LogP contribution is -2.43. The van der Waals surface area contributed by atoms with Gasteiger partial charge in [0, 0.05) is 12.6 Å². The standard InChI is InChI=1S/C15H21NO3/c17-11-10-16(12-6-2-1-3-7-12)15(19)13-8-4-5-9-14(13)18/h4-5,8-9,12,17-18H,1-3,6-7,10-11H2. The average molecular weight is 263 g/mol. The van der Waals surface area contributed by atoms with Crippen LogP contribution in [0, 0.1) is 0 Å². The van der Waals surface area contributed by atoms with E-state index in [-0.39, 0.29) is 24.3 Å². The number of amides is 1. The molecule has 2 rings (SSSR count). The first-order valence-electron chi connectivity index (χ1n) is 6.94. The second-order valence-corrected chi connectivity index (χ2v) is 5.03. The van der Waals surface area contributed by atoms with Gasteiger partial charge in [-0.2, -0.15) is 0 Å². The van der Waals surface area contributed by atoms with Crippen molar-refractivity contribution in [3.8, 4) is 5.75 Å². The summed E-state index contributed by atoms with van der Waals surface area (Å²) in [5.41, 5.74) is 0.321. The van der Waals surface area contributed by atoms with Crippen LogP contribution in [0.15, 0.2) is 24.3 Å². The average Bonchev–Trinajstić information content (AvgIpc) is 2.45. The first kappa shape index (κ1) is 13.9. The Morgan fingerprint density at radius 3 is 2.53 bits per heavy atom. The number of phenols is 1. The number of aromatic hydroxyl groups is 1. The van der Waals surface area contributed by atoms with Crippen LogP contribution in [0.1, 0.15) is 42.5 Å². The molecule has 4 heteroatoms. The van der Waals surface area contributed by atoms with Gasteiger partial charge >= 0.3 is 0 Å². The molecule has 2 N–H and O–H groups in total. The van der Waals surface area contributed by atoms with Crippen LogP contribution in [0.4, 0.5) is 0 Å². The molecular formula is C15H21NO3. The Morgan fingerprint density at radius 2 is 1.89 bits per heavy atom. The minimum Gasteiger partial charge on any atom is -0.507 e. The maximum absolute atomic E-state index is 12.5. The Labute approximate surface area is 113 Å². The van der Waals surface area contributed by atoms with E-state index in [1.54, 1.807) is 23.1 Å².